The van der Waals surface area contributed by atoms with E-state index in [1.807, 2.05) is 0 Å². The molecule has 0 aromatic rings. The largest absolute Gasteiger partial charge is 0.464 e. The molecule has 17 heavy (non-hydrogen) atoms. The summed E-state index contributed by atoms with van der Waals surface area (Å²) < 4.78 is 9.97. The van der Waals surface area contributed by atoms with Gasteiger partial charge in [-0.1, -0.05) is 19.3 Å². The van der Waals surface area contributed by atoms with Crippen molar-refractivity contribution in [1.29, 1.82) is 0 Å². The molecule has 0 bridgehead atoms. The van der Waals surface area contributed by atoms with Gasteiger partial charge in [-0.25, -0.2) is 9.59 Å². The first-order chi connectivity index (χ1) is 8.24. The van der Waals surface area contributed by atoms with Gasteiger partial charge < -0.3 is 9.47 Å². The minimum absolute atomic E-state index is 0.133. The van der Waals surface area contributed by atoms with Crippen LogP contribution in [0.4, 0.5) is 4.79 Å². The zero-order chi connectivity index (χ0) is 12.3. The Kier molecular flexibility index (Phi) is 3.86. The molecule has 0 radical (unpaired) electrons. The van der Waals surface area contributed by atoms with Crippen LogP contribution in [0.2, 0.25) is 0 Å². The maximum Gasteiger partial charge on any atom is 0.410 e. The Morgan fingerprint density at radius 2 is 2.12 bits per heavy atom. The number of hydrogen-bond acceptors (Lipinski definition) is 4. The van der Waals surface area contributed by atoms with Crippen molar-refractivity contribution in [2.75, 3.05) is 13.2 Å². The van der Waals surface area contributed by atoms with Crippen molar-refractivity contribution < 1.29 is 19.1 Å². The van der Waals surface area contributed by atoms with Crippen LogP contribution in [0.25, 0.3) is 0 Å². The number of nitrogens with zero attached hydrogens (tertiary/aromatic N) is 1. The summed E-state index contributed by atoms with van der Waals surface area (Å²) in [5.74, 6) is -0.344. The number of rotatable bonds is 3. The summed E-state index contributed by atoms with van der Waals surface area (Å²) in [5, 5.41) is 0. The summed E-state index contributed by atoms with van der Waals surface area (Å²) in [6, 6.07) is -0.390. The van der Waals surface area contributed by atoms with E-state index in [0.717, 1.165) is 25.7 Å². The predicted octanol–water partition coefficient (Wildman–Crippen LogP) is 1.70. The second-order valence-corrected chi connectivity index (χ2v) is 4.54. The Balaban J connectivity index is 2.05. The van der Waals surface area contributed by atoms with Gasteiger partial charge in [0, 0.05) is 6.04 Å². The van der Waals surface area contributed by atoms with Gasteiger partial charge in [0.25, 0.3) is 0 Å². The summed E-state index contributed by atoms with van der Waals surface area (Å²) in [5.41, 5.74) is 0. The summed E-state index contributed by atoms with van der Waals surface area (Å²) in [4.78, 5) is 25.0. The lowest BCUT2D eigenvalue weighted by Crippen LogP contribution is -2.47. The number of esters is 1. The average molecular weight is 241 g/mol. The molecule has 1 unspecified atom stereocenters. The van der Waals surface area contributed by atoms with Crippen LogP contribution < -0.4 is 0 Å². The summed E-state index contributed by atoms with van der Waals surface area (Å²) in [7, 11) is 0. The lowest BCUT2D eigenvalue weighted by atomic mass is 9.93. The quantitative estimate of drug-likeness (QED) is 0.706. The molecule has 1 atom stereocenters. The van der Waals surface area contributed by atoms with Gasteiger partial charge in [-0.05, 0) is 19.8 Å². The molecule has 2 aliphatic rings. The predicted molar refractivity (Wildman–Crippen MR) is 60.5 cm³/mol. The van der Waals surface area contributed by atoms with E-state index in [1.165, 1.54) is 6.42 Å². The van der Waals surface area contributed by atoms with Gasteiger partial charge in [0.05, 0.1) is 6.61 Å². The highest BCUT2D eigenvalue weighted by Gasteiger charge is 2.43. The zero-order valence-corrected chi connectivity index (χ0v) is 10.2. The summed E-state index contributed by atoms with van der Waals surface area (Å²) >= 11 is 0. The third-order valence-electron chi connectivity index (χ3n) is 3.44. The molecular formula is C12H19NO4. The highest BCUT2D eigenvalue weighted by atomic mass is 16.6. The van der Waals surface area contributed by atoms with Crippen LogP contribution >= 0.6 is 0 Å². The standard InChI is InChI=1S/C12H19NO4/c1-2-16-11(14)10-8-17-12(15)13(10)9-6-4-3-5-7-9/h9-10H,2-8H2,1H3. The zero-order valence-electron chi connectivity index (χ0n) is 10.2. The van der Waals surface area contributed by atoms with Crippen LogP contribution in [-0.4, -0.2) is 42.3 Å². The molecule has 0 aromatic heterocycles. The molecule has 2 rings (SSSR count). The van der Waals surface area contributed by atoms with E-state index in [2.05, 4.69) is 0 Å². The number of cyclic esters (lactones) is 1. The third-order valence-corrected chi connectivity index (χ3v) is 3.44. The highest BCUT2D eigenvalue weighted by molar-refractivity contribution is 5.84. The topological polar surface area (TPSA) is 55.8 Å². The molecular weight excluding hydrogens is 222 g/mol. The number of hydrogen-bond donors (Lipinski definition) is 0. The second-order valence-electron chi connectivity index (χ2n) is 4.54. The van der Waals surface area contributed by atoms with Crippen molar-refractivity contribution in [2.45, 2.75) is 51.1 Å². The second kappa shape index (κ2) is 5.38. The molecule has 1 heterocycles. The smallest absolute Gasteiger partial charge is 0.410 e. The van der Waals surface area contributed by atoms with Gasteiger partial charge in [0.1, 0.15) is 6.61 Å². The Morgan fingerprint density at radius 3 is 2.76 bits per heavy atom. The normalized spacial score (nSPS) is 25.8. The van der Waals surface area contributed by atoms with Gasteiger partial charge in [-0.15, -0.1) is 0 Å². The Bertz CT molecular complexity index is 299. The van der Waals surface area contributed by atoms with E-state index in [9.17, 15) is 9.59 Å². The van der Waals surface area contributed by atoms with Crippen LogP contribution in [0.3, 0.4) is 0 Å². The maximum absolute atomic E-state index is 11.7. The van der Waals surface area contributed by atoms with E-state index >= 15 is 0 Å². The Hall–Kier alpha value is -1.26. The minimum atomic E-state index is -0.537. The molecule has 0 N–H and O–H groups in total. The lowest BCUT2D eigenvalue weighted by molar-refractivity contribution is -0.148. The van der Waals surface area contributed by atoms with Gasteiger partial charge >= 0.3 is 12.1 Å². The minimum Gasteiger partial charge on any atom is -0.464 e. The third kappa shape index (κ3) is 2.53. The first-order valence-electron chi connectivity index (χ1n) is 6.35. The van der Waals surface area contributed by atoms with E-state index in [4.69, 9.17) is 9.47 Å². The van der Waals surface area contributed by atoms with Crippen LogP contribution in [0.1, 0.15) is 39.0 Å². The fourth-order valence-corrected chi connectivity index (χ4v) is 2.62. The lowest BCUT2D eigenvalue weighted by Gasteiger charge is -2.32. The molecule has 1 aliphatic carbocycles. The molecule has 1 saturated heterocycles. The Morgan fingerprint density at radius 1 is 1.41 bits per heavy atom. The van der Waals surface area contributed by atoms with Gasteiger partial charge in [-0.3, -0.25) is 4.90 Å². The van der Waals surface area contributed by atoms with Crippen molar-refractivity contribution in [3.8, 4) is 0 Å². The van der Waals surface area contributed by atoms with Crippen LogP contribution in [0.15, 0.2) is 0 Å². The van der Waals surface area contributed by atoms with Crippen LogP contribution in [-0.2, 0) is 14.3 Å². The monoisotopic (exact) mass is 241 g/mol. The summed E-state index contributed by atoms with van der Waals surface area (Å²) in [6.07, 6.45) is 5.00. The molecule has 1 saturated carbocycles. The van der Waals surface area contributed by atoms with E-state index in [-0.39, 0.29) is 24.7 Å². The number of amides is 1. The molecule has 5 heteroatoms. The van der Waals surface area contributed by atoms with E-state index in [1.54, 1.807) is 11.8 Å². The van der Waals surface area contributed by atoms with Crippen molar-refractivity contribution >= 4 is 12.1 Å². The van der Waals surface area contributed by atoms with Crippen molar-refractivity contribution in [2.24, 2.45) is 0 Å². The first kappa shape index (κ1) is 12.2. The maximum atomic E-state index is 11.7. The highest BCUT2D eigenvalue weighted by Crippen LogP contribution is 2.28. The fourth-order valence-electron chi connectivity index (χ4n) is 2.62. The Labute approximate surface area is 101 Å². The molecule has 96 valence electrons. The average Bonchev–Trinajstić information content (AvgIpc) is 2.73. The molecule has 5 nitrogen and oxygen atoms in total. The molecule has 0 aromatic carbocycles. The van der Waals surface area contributed by atoms with Crippen molar-refractivity contribution in [1.82, 2.24) is 4.90 Å². The molecule has 1 amide bonds. The van der Waals surface area contributed by atoms with Crippen molar-refractivity contribution in [3.63, 3.8) is 0 Å². The van der Waals surface area contributed by atoms with Gasteiger partial charge in [0.2, 0.25) is 0 Å². The first-order valence-corrected chi connectivity index (χ1v) is 6.35. The molecule has 2 fully saturated rings. The van der Waals surface area contributed by atoms with Crippen molar-refractivity contribution in [3.05, 3.63) is 0 Å². The van der Waals surface area contributed by atoms with Gasteiger partial charge in [-0.2, -0.15) is 0 Å². The summed E-state index contributed by atoms with van der Waals surface area (Å²) in [6.45, 7) is 2.23. The number of carbonyl (C=O) groups is 2. The van der Waals surface area contributed by atoms with Crippen LogP contribution in [0, 0.1) is 0 Å². The van der Waals surface area contributed by atoms with Crippen LogP contribution in [0.5, 0.6) is 0 Å². The van der Waals surface area contributed by atoms with E-state index < -0.39 is 6.04 Å². The fraction of sp³-hybridized carbons (Fsp3) is 0.833. The van der Waals surface area contributed by atoms with E-state index in [0.29, 0.717) is 6.61 Å². The molecule has 1 aliphatic heterocycles. The SMILES string of the molecule is CCOC(=O)C1COC(=O)N1C1CCCCC1. The number of carbonyl (C=O) groups excluding carboxylic acids is 2. The van der Waals surface area contributed by atoms with Gasteiger partial charge in [0.15, 0.2) is 6.04 Å². The number of ether oxygens (including phenoxy) is 2. The molecule has 0 spiro atoms.